The zero-order valence-corrected chi connectivity index (χ0v) is 17.8. The van der Waals surface area contributed by atoms with Gasteiger partial charge in [-0.2, -0.15) is 0 Å². The Kier molecular flexibility index (Phi) is 5.60. The van der Waals surface area contributed by atoms with Gasteiger partial charge in [-0.15, -0.1) is 0 Å². The summed E-state index contributed by atoms with van der Waals surface area (Å²) in [7, 11) is 0. The van der Waals surface area contributed by atoms with Crippen LogP contribution in [0.1, 0.15) is 22.6 Å². The molecule has 7 heteroatoms. The first-order valence-corrected chi connectivity index (χ1v) is 10.8. The molecule has 1 aliphatic heterocycles. The van der Waals surface area contributed by atoms with E-state index in [1.807, 2.05) is 36.4 Å². The highest BCUT2D eigenvalue weighted by molar-refractivity contribution is 5.81. The molecular formula is C26H23NO6. The lowest BCUT2D eigenvalue weighted by Gasteiger charge is -2.20. The van der Waals surface area contributed by atoms with Crippen molar-refractivity contribution in [2.75, 3.05) is 19.8 Å². The molecule has 7 nitrogen and oxygen atoms in total. The molecule has 0 bridgehead atoms. The fraction of sp³-hybridized carbons (Fsp3) is 0.231. The smallest absolute Gasteiger partial charge is 0.407 e. The Morgan fingerprint density at radius 3 is 2.24 bits per heavy atom. The molecule has 2 aliphatic rings. The van der Waals surface area contributed by atoms with Crippen molar-refractivity contribution in [3.63, 3.8) is 0 Å². The van der Waals surface area contributed by atoms with Crippen LogP contribution in [0.2, 0.25) is 0 Å². The molecule has 0 saturated heterocycles. The summed E-state index contributed by atoms with van der Waals surface area (Å²) >= 11 is 0. The molecule has 0 spiro atoms. The number of benzene rings is 3. The van der Waals surface area contributed by atoms with E-state index in [0.717, 1.165) is 22.3 Å². The Balaban J connectivity index is 1.25. The molecule has 2 N–H and O–H groups in total. The van der Waals surface area contributed by atoms with Crippen LogP contribution in [0.15, 0.2) is 66.7 Å². The topological polar surface area (TPSA) is 94.1 Å². The van der Waals surface area contributed by atoms with E-state index >= 15 is 0 Å². The number of ether oxygens (including phenoxy) is 3. The highest BCUT2D eigenvalue weighted by atomic mass is 16.6. The Labute approximate surface area is 190 Å². The molecule has 1 unspecified atom stereocenters. The lowest BCUT2D eigenvalue weighted by Crippen LogP contribution is -2.42. The number of hydrogen-bond donors (Lipinski definition) is 2. The lowest BCUT2D eigenvalue weighted by atomic mass is 9.98. The number of amides is 1. The maximum atomic E-state index is 12.5. The number of fused-ring (bicyclic) bond motifs is 4. The normalized spacial score (nSPS) is 14.7. The molecule has 0 radical (unpaired) electrons. The van der Waals surface area contributed by atoms with Crippen LogP contribution in [0.5, 0.6) is 11.5 Å². The van der Waals surface area contributed by atoms with Gasteiger partial charge in [-0.3, -0.25) is 0 Å². The molecule has 1 heterocycles. The van der Waals surface area contributed by atoms with Gasteiger partial charge < -0.3 is 24.6 Å². The molecule has 1 amide bonds. The predicted octanol–water partition coefficient (Wildman–Crippen LogP) is 3.99. The van der Waals surface area contributed by atoms with Gasteiger partial charge >= 0.3 is 12.1 Å². The van der Waals surface area contributed by atoms with Gasteiger partial charge in [0.2, 0.25) is 0 Å². The van der Waals surface area contributed by atoms with Crippen LogP contribution in [-0.2, 0) is 16.0 Å². The van der Waals surface area contributed by atoms with Crippen molar-refractivity contribution in [3.05, 3.63) is 83.4 Å². The van der Waals surface area contributed by atoms with Gasteiger partial charge in [0.05, 0.1) is 0 Å². The molecule has 0 fully saturated rings. The molecule has 5 rings (SSSR count). The molecule has 1 aliphatic carbocycles. The highest BCUT2D eigenvalue weighted by Gasteiger charge is 2.30. The first kappa shape index (κ1) is 20.9. The average Bonchev–Trinajstić information content (AvgIpc) is 3.16. The van der Waals surface area contributed by atoms with E-state index in [0.29, 0.717) is 30.3 Å². The Bertz CT molecular complexity index is 1160. The molecule has 168 valence electrons. The summed E-state index contributed by atoms with van der Waals surface area (Å²) in [6, 6.07) is 20.2. The Morgan fingerprint density at radius 1 is 0.939 bits per heavy atom. The summed E-state index contributed by atoms with van der Waals surface area (Å²) in [6.07, 6.45) is -0.669. The second-order valence-electron chi connectivity index (χ2n) is 8.04. The van der Waals surface area contributed by atoms with Crippen LogP contribution < -0.4 is 14.8 Å². The predicted molar refractivity (Wildman–Crippen MR) is 121 cm³/mol. The lowest BCUT2D eigenvalue weighted by molar-refractivity contribution is -0.139. The molecule has 33 heavy (non-hydrogen) atoms. The van der Waals surface area contributed by atoms with Gasteiger partial charge in [0.25, 0.3) is 0 Å². The van der Waals surface area contributed by atoms with Gasteiger partial charge in [0, 0.05) is 12.3 Å². The maximum absolute atomic E-state index is 12.5. The van der Waals surface area contributed by atoms with Crippen molar-refractivity contribution < 1.29 is 28.9 Å². The quantitative estimate of drug-likeness (QED) is 0.596. The molecule has 3 aromatic rings. The van der Waals surface area contributed by atoms with Crippen molar-refractivity contribution in [2.24, 2.45) is 0 Å². The number of aliphatic carboxylic acids is 1. The number of alkyl carbamates (subject to hydrolysis) is 1. The van der Waals surface area contributed by atoms with Gasteiger partial charge in [0.15, 0.2) is 11.5 Å². The summed E-state index contributed by atoms with van der Waals surface area (Å²) in [4.78, 5) is 24.3. The van der Waals surface area contributed by atoms with Gasteiger partial charge in [0.1, 0.15) is 25.9 Å². The largest absolute Gasteiger partial charge is 0.486 e. The van der Waals surface area contributed by atoms with Crippen LogP contribution in [0, 0.1) is 0 Å². The number of carboxylic acid groups (broad SMARTS) is 1. The molecule has 0 aromatic heterocycles. The zero-order chi connectivity index (χ0) is 22.8. The van der Waals surface area contributed by atoms with E-state index < -0.39 is 18.1 Å². The monoisotopic (exact) mass is 445 g/mol. The molecule has 3 aromatic carbocycles. The van der Waals surface area contributed by atoms with Gasteiger partial charge in [-0.05, 0) is 39.9 Å². The first-order chi connectivity index (χ1) is 16.1. The van der Waals surface area contributed by atoms with E-state index in [4.69, 9.17) is 14.2 Å². The third kappa shape index (κ3) is 4.22. The number of rotatable bonds is 6. The Morgan fingerprint density at radius 2 is 1.58 bits per heavy atom. The first-order valence-electron chi connectivity index (χ1n) is 10.8. The van der Waals surface area contributed by atoms with Crippen molar-refractivity contribution in [1.82, 2.24) is 5.32 Å². The average molecular weight is 445 g/mol. The van der Waals surface area contributed by atoms with E-state index in [2.05, 4.69) is 17.4 Å². The van der Waals surface area contributed by atoms with Gasteiger partial charge in [-0.1, -0.05) is 54.6 Å². The number of carboxylic acids is 1. The van der Waals surface area contributed by atoms with Crippen molar-refractivity contribution >= 4 is 12.1 Å². The second-order valence-corrected chi connectivity index (χ2v) is 8.04. The number of nitrogens with one attached hydrogen (secondary N) is 1. The third-order valence-electron chi connectivity index (χ3n) is 5.98. The zero-order valence-electron chi connectivity index (χ0n) is 17.8. The minimum atomic E-state index is -1.14. The standard InChI is InChI=1S/C26H23NO6/c28-25(29)22(13-16-9-10-23-24(14-16)32-12-11-31-23)27-26(30)33-15-21-19-7-3-1-5-17(19)18-6-2-4-8-20(18)21/h1-10,14,21-22H,11-13,15H2,(H,27,30)(H,28,29). The van der Waals surface area contributed by atoms with E-state index in [-0.39, 0.29) is 18.9 Å². The minimum absolute atomic E-state index is 0.0933. The fourth-order valence-corrected chi connectivity index (χ4v) is 4.43. The molecular weight excluding hydrogens is 422 g/mol. The summed E-state index contributed by atoms with van der Waals surface area (Å²) in [5, 5.41) is 12.1. The third-order valence-corrected chi connectivity index (χ3v) is 5.98. The van der Waals surface area contributed by atoms with Crippen LogP contribution in [0.4, 0.5) is 4.79 Å². The maximum Gasteiger partial charge on any atom is 0.407 e. The highest BCUT2D eigenvalue weighted by Crippen LogP contribution is 2.44. The van der Waals surface area contributed by atoms with E-state index in [1.165, 1.54) is 0 Å². The summed E-state index contributed by atoms with van der Waals surface area (Å²) in [5.74, 6) is -0.0342. The summed E-state index contributed by atoms with van der Waals surface area (Å²) in [6.45, 7) is 1.04. The minimum Gasteiger partial charge on any atom is -0.486 e. The van der Waals surface area contributed by atoms with Crippen LogP contribution in [-0.4, -0.2) is 43.0 Å². The SMILES string of the molecule is O=C(NC(Cc1ccc2c(c1)OCCO2)C(=O)O)OCC1c2ccccc2-c2ccccc21. The van der Waals surface area contributed by atoms with E-state index in [1.54, 1.807) is 18.2 Å². The van der Waals surface area contributed by atoms with Crippen LogP contribution in [0.3, 0.4) is 0 Å². The summed E-state index contributed by atoms with van der Waals surface area (Å²) < 4.78 is 16.5. The van der Waals surface area contributed by atoms with Crippen LogP contribution >= 0.6 is 0 Å². The van der Waals surface area contributed by atoms with Crippen LogP contribution in [0.25, 0.3) is 11.1 Å². The molecule has 0 saturated carbocycles. The van der Waals surface area contributed by atoms with Crippen molar-refractivity contribution in [3.8, 4) is 22.6 Å². The van der Waals surface area contributed by atoms with Crippen molar-refractivity contribution in [1.29, 1.82) is 0 Å². The fourth-order valence-electron chi connectivity index (χ4n) is 4.43. The van der Waals surface area contributed by atoms with E-state index in [9.17, 15) is 14.7 Å². The van der Waals surface area contributed by atoms with Crippen molar-refractivity contribution in [2.45, 2.75) is 18.4 Å². The Hall–Kier alpha value is -4.00. The number of carbonyl (C=O) groups is 2. The van der Waals surface area contributed by atoms with Gasteiger partial charge in [-0.25, -0.2) is 9.59 Å². The summed E-state index contributed by atoms with van der Waals surface area (Å²) in [5.41, 5.74) is 5.16. The molecule has 1 atom stereocenters. The second kappa shape index (κ2) is 8.86. The number of carbonyl (C=O) groups excluding carboxylic acids is 1. The number of hydrogen-bond acceptors (Lipinski definition) is 5.